The average molecular weight is 579 g/mol. The van der Waals surface area contributed by atoms with E-state index in [9.17, 15) is 24.6 Å². The first-order valence-electron chi connectivity index (χ1n) is 13.0. The summed E-state index contributed by atoms with van der Waals surface area (Å²) in [7, 11) is 0. The van der Waals surface area contributed by atoms with Gasteiger partial charge in [-0.2, -0.15) is 0 Å². The van der Waals surface area contributed by atoms with E-state index in [2.05, 4.69) is 41.3 Å². The summed E-state index contributed by atoms with van der Waals surface area (Å²) in [6.45, 7) is 11.4. The Labute approximate surface area is 226 Å². The number of carbonyl (C=O) groups is 3. The predicted molar refractivity (Wildman–Crippen MR) is 144 cm³/mol. The van der Waals surface area contributed by atoms with Crippen molar-refractivity contribution in [3.8, 4) is 0 Å². The van der Waals surface area contributed by atoms with E-state index in [4.69, 9.17) is 4.74 Å². The molecule has 0 aliphatic carbocycles. The zero-order valence-corrected chi connectivity index (χ0v) is 23.1. The molecule has 3 aliphatic rings. The van der Waals surface area contributed by atoms with E-state index in [1.807, 2.05) is 31.2 Å². The topological polar surface area (TPSA) is 111 Å². The summed E-state index contributed by atoms with van der Waals surface area (Å²) >= 11 is 3.56. The number of carboxylic acid groups (broad SMARTS) is 1. The third kappa shape index (κ3) is 4.27. The number of ether oxygens (including phenoxy) is 1. The zero-order valence-electron chi connectivity index (χ0n) is 21.5. The van der Waals surface area contributed by atoms with E-state index in [0.717, 1.165) is 18.8 Å². The van der Waals surface area contributed by atoms with Crippen molar-refractivity contribution in [3.05, 3.63) is 36.9 Å². The Kier molecular flexibility index (Phi) is 8.02. The van der Waals surface area contributed by atoms with E-state index in [1.165, 1.54) is 4.90 Å². The molecule has 4 rings (SSSR count). The number of hydrogen-bond acceptors (Lipinski definition) is 6. The van der Waals surface area contributed by atoms with E-state index in [0.29, 0.717) is 18.5 Å². The molecule has 37 heavy (non-hydrogen) atoms. The highest BCUT2D eigenvalue weighted by atomic mass is 79.9. The number of aliphatic hydroxyl groups is 1. The number of carboxylic acids is 1. The van der Waals surface area contributed by atoms with Crippen LogP contribution in [0.5, 0.6) is 0 Å². The van der Waals surface area contributed by atoms with E-state index >= 15 is 0 Å². The van der Waals surface area contributed by atoms with Gasteiger partial charge in [0.25, 0.3) is 5.91 Å². The monoisotopic (exact) mass is 577 g/mol. The molecule has 2 amide bonds. The second-order valence-corrected chi connectivity index (χ2v) is 11.1. The molecule has 3 heterocycles. The fourth-order valence-corrected chi connectivity index (χ4v) is 7.41. The average Bonchev–Trinajstić information content (AvgIpc) is 3.48. The van der Waals surface area contributed by atoms with Crippen molar-refractivity contribution in [2.45, 2.75) is 62.2 Å². The van der Waals surface area contributed by atoms with Gasteiger partial charge in [-0.25, -0.2) is 0 Å². The third-order valence-corrected chi connectivity index (χ3v) is 9.03. The standard InChI is InChI=1S/C27H36BrN3O6/c1-5-13-30(18-11-9-17(10-12-18)29(7-3)8-4)25(34)23-27-14-19(28)22(37-27)20(26(35)36)21(27)24(33)31(23)16(6-2)15-32/h5,9-12,16,19-23,32H,1,6-8,13-15H2,2-4H3,(H,35,36)/t16-,19?,20+,21-,22+,23?,27?/m0/s1. The minimum Gasteiger partial charge on any atom is -0.481 e. The van der Waals surface area contributed by atoms with Crippen LogP contribution in [0.25, 0.3) is 0 Å². The quantitative estimate of drug-likeness (QED) is 0.307. The Bertz CT molecular complexity index is 1040. The van der Waals surface area contributed by atoms with Crippen molar-refractivity contribution in [3.63, 3.8) is 0 Å². The number of rotatable bonds is 11. The predicted octanol–water partition coefficient (Wildman–Crippen LogP) is 2.66. The number of benzene rings is 1. The number of aliphatic hydroxyl groups excluding tert-OH is 1. The van der Waals surface area contributed by atoms with Gasteiger partial charge < -0.3 is 29.6 Å². The Morgan fingerprint density at radius 2 is 1.86 bits per heavy atom. The van der Waals surface area contributed by atoms with Crippen LogP contribution in [0.3, 0.4) is 0 Å². The van der Waals surface area contributed by atoms with E-state index < -0.39 is 47.5 Å². The van der Waals surface area contributed by atoms with Gasteiger partial charge in [0.2, 0.25) is 5.91 Å². The summed E-state index contributed by atoms with van der Waals surface area (Å²) in [6.07, 6.45) is 1.65. The highest BCUT2D eigenvalue weighted by Crippen LogP contribution is 2.60. The lowest BCUT2D eigenvalue weighted by atomic mass is 9.70. The molecule has 1 spiro atoms. The van der Waals surface area contributed by atoms with Crippen LogP contribution in [0.4, 0.5) is 11.4 Å². The van der Waals surface area contributed by atoms with E-state index in [1.54, 1.807) is 11.0 Å². The Hall–Kier alpha value is -2.43. The van der Waals surface area contributed by atoms with Crippen LogP contribution in [0.15, 0.2) is 36.9 Å². The molecule has 0 radical (unpaired) electrons. The minimum absolute atomic E-state index is 0.197. The van der Waals surface area contributed by atoms with Gasteiger partial charge in [0.05, 0.1) is 30.6 Å². The van der Waals surface area contributed by atoms with Crippen molar-refractivity contribution < 1.29 is 29.3 Å². The number of alkyl halides is 1. The van der Waals surface area contributed by atoms with Crippen molar-refractivity contribution in [1.82, 2.24) is 4.90 Å². The van der Waals surface area contributed by atoms with E-state index in [-0.39, 0.29) is 23.9 Å². The SMILES string of the molecule is C=CCN(C(=O)C1N([C@@H](CC)CO)C(=O)[C@@H]2[C@@H](C(=O)O)[C@@H]3OC12CC3Br)c1ccc(N(CC)CC)cc1. The summed E-state index contributed by atoms with van der Waals surface area (Å²) < 4.78 is 6.34. The number of fused-ring (bicyclic) bond motifs is 1. The van der Waals surface area contributed by atoms with Crippen molar-refractivity contribution in [1.29, 1.82) is 0 Å². The lowest BCUT2D eigenvalue weighted by molar-refractivity contribution is -0.150. The molecular formula is C27H36BrN3O6. The maximum atomic E-state index is 14.4. The number of hydrogen-bond donors (Lipinski definition) is 2. The second kappa shape index (κ2) is 10.7. The summed E-state index contributed by atoms with van der Waals surface area (Å²) in [5.74, 6) is -3.99. The Balaban J connectivity index is 1.79. The molecule has 1 aromatic rings. The molecule has 3 unspecified atom stereocenters. The number of halogens is 1. The molecule has 2 bridgehead atoms. The number of anilines is 2. The highest BCUT2D eigenvalue weighted by molar-refractivity contribution is 9.09. The first-order valence-corrected chi connectivity index (χ1v) is 13.9. The van der Waals surface area contributed by atoms with Crippen LogP contribution >= 0.6 is 15.9 Å². The van der Waals surface area contributed by atoms with Gasteiger partial charge in [-0.15, -0.1) is 6.58 Å². The molecular weight excluding hydrogens is 542 g/mol. The third-order valence-electron chi connectivity index (χ3n) is 8.19. The zero-order chi connectivity index (χ0) is 27.1. The highest BCUT2D eigenvalue weighted by Gasteiger charge is 2.77. The van der Waals surface area contributed by atoms with Gasteiger partial charge in [0, 0.05) is 35.8 Å². The normalized spacial score (nSPS) is 30.8. The van der Waals surface area contributed by atoms with Gasteiger partial charge in [-0.1, -0.05) is 28.9 Å². The molecule has 3 fully saturated rings. The Morgan fingerprint density at radius 3 is 2.38 bits per heavy atom. The smallest absolute Gasteiger partial charge is 0.310 e. The fraction of sp³-hybridized carbons (Fsp3) is 0.593. The largest absolute Gasteiger partial charge is 0.481 e. The van der Waals surface area contributed by atoms with Crippen LogP contribution < -0.4 is 9.80 Å². The molecule has 10 heteroatoms. The van der Waals surface area contributed by atoms with Crippen LogP contribution in [-0.4, -0.2) is 87.8 Å². The molecule has 0 saturated carbocycles. The lowest BCUT2D eigenvalue weighted by Crippen LogP contribution is -2.59. The first-order chi connectivity index (χ1) is 17.7. The number of carbonyl (C=O) groups excluding carboxylic acids is 2. The van der Waals surface area contributed by atoms with Gasteiger partial charge in [-0.3, -0.25) is 14.4 Å². The summed E-state index contributed by atoms with van der Waals surface area (Å²) in [6, 6.07) is 5.95. The number of amides is 2. The lowest BCUT2D eigenvalue weighted by Gasteiger charge is -2.39. The van der Waals surface area contributed by atoms with Crippen molar-refractivity contribution in [2.24, 2.45) is 11.8 Å². The van der Waals surface area contributed by atoms with Gasteiger partial charge in [-0.05, 0) is 51.0 Å². The Morgan fingerprint density at radius 1 is 1.24 bits per heavy atom. The van der Waals surface area contributed by atoms with Crippen LogP contribution in [0.1, 0.15) is 33.6 Å². The first kappa shape index (κ1) is 27.6. The number of likely N-dealkylation sites (tertiary alicyclic amines) is 1. The molecule has 2 N–H and O–H groups in total. The summed E-state index contributed by atoms with van der Waals surface area (Å²) in [5.41, 5.74) is 0.383. The minimum atomic E-state index is -1.29. The number of aliphatic carboxylic acids is 1. The second-order valence-electron chi connectivity index (χ2n) is 9.92. The molecule has 3 aliphatic heterocycles. The maximum Gasteiger partial charge on any atom is 0.310 e. The fourth-order valence-electron chi connectivity index (χ4n) is 6.47. The van der Waals surface area contributed by atoms with Crippen molar-refractivity contribution in [2.75, 3.05) is 36.0 Å². The summed E-state index contributed by atoms with van der Waals surface area (Å²) in [5, 5.41) is 20.2. The molecule has 9 nitrogen and oxygen atoms in total. The number of nitrogens with zero attached hydrogens (tertiary/aromatic N) is 3. The molecule has 202 valence electrons. The van der Waals surface area contributed by atoms with Gasteiger partial charge in [0.1, 0.15) is 11.6 Å². The van der Waals surface area contributed by atoms with Crippen LogP contribution in [-0.2, 0) is 19.1 Å². The molecule has 1 aromatic carbocycles. The van der Waals surface area contributed by atoms with Crippen LogP contribution in [0.2, 0.25) is 0 Å². The van der Waals surface area contributed by atoms with Crippen molar-refractivity contribution >= 4 is 45.1 Å². The summed E-state index contributed by atoms with van der Waals surface area (Å²) in [4.78, 5) is 45.4. The van der Waals surface area contributed by atoms with Gasteiger partial charge in [0.15, 0.2) is 0 Å². The maximum absolute atomic E-state index is 14.4. The molecule has 0 aromatic heterocycles. The molecule has 3 saturated heterocycles. The molecule has 7 atom stereocenters. The van der Waals surface area contributed by atoms with Gasteiger partial charge >= 0.3 is 5.97 Å². The van der Waals surface area contributed by atoms with Crippen LogP contribution in [0, 0.1) is 11.8 Å².